The number of guanidine groups is 1. The van der Waals surface area contributed by atoms with Gasteiger partial charge in [-0.05, 0) is 35.2 Å². The van der Waals surface area contributed by atoms with Crippen molar-refractivity contribution < 1.29 is 12.8 Å². The van der Waals surface area contributed by atoms with Gasteiger partial charge in [0.25, 0.3) is 0 Å². The minimum Gasteiger partial charge on any atom is -0.352 e. The van der Waals surface area contributed by atoms with Gasteiger partial charge in [0, 0.05) is 26.4 Å². The lowest BCUT2D eigenvalue weighted by molar-refractivity contribution is 0.601. The Morgan fingerprint density at radius 1 is 1.00 bits per heavy atom. The highest BCUT2D eigenvalue weighted by molar-refractivity contribution is 7.89. The lowest BCUT2D eigenvalue weighted by atomic mass is 10.1. The van der Waals surface area contributed by atoms with E-state index in [2.05, 4.69) is 15.6 Å². The van der Waals surface area contributed by atoms with Gasteiger partial charge in [-0.15, -0.1) is 0 Å². The summed E-state index contributed by atoms with van der Waals surface area (Å²) in [5.74, 6) is 0.421. The maximum absolute atomic E-state index is 13.6. The third-order valence-corrected chi connectivity index (χ3v) is 4.69. The highest BCUT2D eigenvalue weighted by Crippen LogP contribution is 2.09. The van der Waals surface area contributed by atoms with Gasteiger partial charge >= 0.3 is 0 Å². The molecule has 0 saturated heterocycles. The zero-order valence-electron chi connectivity index (χ0n) is 15.2. The SMILES string of the molecule is CN=C(NCc1ccc(CS(C)(=O)=O)cc1)NCc1ccc(C)c(F)c1. The van der Waals surface area contributed by atoms with Crippen molar-refractivity contribution in [3.05, 3.63) is 70.5 Å². The van der Waals surface area contributed by atoms with Crippen LogP contribution in [0.15, 0.2) is 47.5 Å². The summed E-state index contributed by atoms with van der Waals surface area (Å²) in [6.07, 6.45) is 1.22. The van der Waals surface area contributed by atoms with Crippen molar-refractivity contribution >= 4 is 15.8 Å². The average molecular weight is 377 g/mol. The number of benzene rings is 2. The molecule has 0 fully saturated rings. The van der Waals surface area contributed by atoms with E-state index in [0.717, 1.165) is 16.7 Å². The van der Waals surface area contributed by atoms with Gasteiger partial charge in [-0.25, -0.2) is 12.8 Å². The van der Waals surface area contributed by atoms with Crippen molar-refractivity contribution in [1.29, 1.82) is 0 Å². The summed E-state index contributed by atoms with van der Waals surface area (Å²) in [5.41, 5.74) is 3.23. The standard InChI is InChI=1S/C19H24FN3O2S/c1-14-4-5-17(10-18(14)20)12-23-19(21-2)22-11-15-6-8-16(9-7-15)13-26(3,24)25/h4-10H,11-13H2,1-3H3,(H2,21,22,23). The molecule has 0 saturated carbocycles. The van der Waals surface area contributed by atoms with E-state index < -0.39 is 9.84 Å². The maximum Gasteiger partial charge on any atom is 0.191 e. The Bertz CT molecular complexity index is 878. The van der Waals surface area contributed by atoms with E-state index in [1.807, 2.05) is 30.3 Å². The van der Waals surface area contributed by atoms with Crippen molar-refractivity contribution in [3.8, 4) is 0 Å². The molecule has 0 aliphatic carbocycles. The third kappa shape index (κ3) is 6.48. The summed E-state index contributed by atoms with van der Waals surface area (Å²) < 4.78 is 36.2. The van der Waals surface area contributed by atoms with E-state index in [1.54, 1.807) is 20.0 Å². The first-order valence-electron chi connectivity index (χ1n) is 8.22. The fourth-order valence-electron chi connectivity index (χ4n) is 2.39. The Labute approximate surface area is 154 Å². The van der Waals surface area contributed by atoms with Crippen molar-refractivity contribution in [2.75, 3.05) is 13.3 Å². The van der Waals surface area contributed by atoms with Crippen LogP contribution in [0.5, 0.6) is 0 Å². The van der Waals surface area contributed by atoms with Gasteiger partial charge in [0.05, 0.1) is 5.75 Å². The molecular formula is C19H24FN3O2S. The van der Waals surface area contributed by atoms with Crippen LogP contribution in [0.4, 0.5) is 4.39 Å². The van der Waals surface area contributed by atoms with Gasteiger partial charge in [0.15, 0.2) is 15.8 Å². The smallest absolute Gasteiger partial charge is 0.191 e. The molecule has 2 rings (SSSR count). The minimum atomic E-state index is -3.03. The number of aryl methyl sites for hydroxylation is 1. The van der Waals surface area contributed by atoms with Crippen LogP contribution in [-0.2, 0) is 28.7 Å². The molecular weight excluding hydrogens is 353 g/mol. The van der Waals surface area contributed by atoms with Crippen LogP contribution in [-0.4, -0.2) is 27.7 Å². The van der Waals surface area contributed by atoms with Crippen LogP contribution >= 0.6 is 0 Å². The highest BCUT2D eigenvalue weighted by Gasteiger charge is 2.05. The Morgan fingerprint density at radius 3 is 2.08 bits per heavy atom. The number of hydrogen-bond acceptors (Lipinski definition) is 3. The molecule has 2 aromatic rings. The summed E-state index contributed by atoms with van der Waals surface area (Å²) in [4.78, 5) is 4.15. The maximum atomic E-state index is 13.6. The summed E-state index contributed by atoms with van der Waals surface area (Å²) >= 11 is 0. The molecule has 5 nitrogen and oxygen atoms in total. The van der Waals surface area contributed by atoms with Gasteiger partial charge in [0.2, 0.25) is 0 Å². The monoisotopic (exact) mass is 377 g/mol. The van der Waals surface area contributed by atoms with Gasteiger partial charge < -0.3 is 10.6 Å². The van der Waals surface area contributed by atoms with Crippen molar-refractivity contribution in [2.24, 2.45) is 4.99 Å². The number of aliphatic imine (C=N–C) groups is 1. The van der Waals surface area contributed by atoms with Crippen LogP contribution in [0, 0.1) is 12.7 Å². The van der Waals surface area contributed by atoms with E-state index in [9.17, 15) is 12.8 Å². The first-order chi connectivity index (χ1) is 12.3. The number of nitrogens with zero attached hydrogens (tertiary/aromatic N) is 1. The van der Waals surface area contributed by atoms with Gasteiger partial charge in [-0.3, -0.25) is 4.99 Å². The molecule has 0 atom stereocenters. The molecule has 0 aliphatic rings. The van der Waals surface area contributed by atoms with Crippen LogP contribution in [0.2, 0.25) is 0 Å². The van der Waals surface area contributed by atoms with Crippen molar-refractivity contribution in [1.82, 2.24) is 10.6 Å². The molecule has 0 unspecified atom stereocenters. The van der Waals surface area contributed by atoms with Crippen LogP contribution in [0.3, 0.4) is 0 Å². The fourth-order valence-corrected chi connectivity index (χ4v) is 3.19. The molecule has 140 valence electrons. The molecule has 0 bridgehead atoms. The molecule has 0 heterocycles. The number of nitrogens with one attached hydrogen (secondary N) is 2. The van der Waals surface area contributed by atoms with Gasteiger partial charge in [0.1, 0.15) is 5.82 Å². The Kier molecular flexibility index (Phi) is 6.74. The van der Waals surface area contributed by atoms with Crippen LogP contribution in [0.1, 0.15) is 22.3 Å². The molecule has 0 aliphatic heterocycles. The van der Waals surface area contributed by atoms with E-state index in [0.29, 0.717) is 24.6 Å². The molecule has 0 radical (unpaired) electrons. The van der Waals surface area contributed by atoms with E-state index >= 15 is 0 Å². The summed E-state index contributed by atoms with van der Waals surface area (Å²) in [6.45, 7) is 2.74. The highest BCUT2D eigenvalue weighted by atomic mass is 32.2. The molecule has 2 aromatic carbocycles. The van der Waals surface area contributed by atoms with Crippen LogP contribution < -0.4 is 10.6 Å². The molecule has 0 aromatic heterocycles. The van der Waals surface area contributed by atoms with E-state index in [4.69, 9.17) is 0 Å². The molecule has 26 heavy (non-hydrogen) atoms. The average Bonchev–Trinajstić information content (AvgIpc) is 2.58. The number of halogens is 1. The first kappa shape index (κ1) is 19.9. The fraction of sp³-hybridized carbons (Fsp3) is 0.316. The van der Waals surface area contributed by atoms with Crippen LogP contribution in [0.25, 0.3) is 0 Å². The van der Waals surface area contributed by atoms with E-state index in [-0.39, 0.29) is 11.6 Å². The minimum absolute atomic E-state index is 0.0387. The zero-order valence-corrected chi connectivity index (χ0v) is 16.0. The Balaban J connectivity index is 1.87. The lowest BCUT2D eigenvalue weighted by Crippen LogP contribution is -2.36. The van der Waals surface area contributed by atoms with Crippen molar-refractivity contribution in [3.63, 3.8) is 0 Å². The molecule has 7 heteroatoms. The third-order valence-electron chi connectivity index (χ3n) is 3.83. The quantitative estimate of drug-likeness (QED) is 0.600. The number of hydrogen-bond donors (Lipinski definition) is 2. The van der Waals surface area contributed by atoms with E-state index in [1.165, 1.54) is 12.3 Å². The number of sulfone groups is 1. The van der Waals surface area contributed by atoms with Gasteiger partial charge in [-0.2, -0.15) is 0 Å². The Morgan fingerprint density at radius 2 is 1.54 bits per heavy atom. The second kappa shape index (κ2) is 8.80. The summed E-state index contributed by atoms with van der Waals surface area (Å²) in [6, 6.07) is 12.5. The zero-order chi connectivity index (χ0) is 19.2. The molecule has 2 N–H and O–H groups in total. The Hall–Kier alpha value is -2.41. The normalized spacial score (nSPS) is 12.1. The predicted molar refractivity (Wildman–Crippen MR) is 103 cm³/mol. The molecule has 0 amide bonds. The van der Waals surface area contributed by atoms with Crippen molar-refractivity contribution in [2.45, 2.75) is 25.8 Å². The largest absolute Gasteiger partial charge is 0.352 e. The lowest BCUT2D eigenvalue weighted by Gasteiger charge is -2.12. The topological polar surface area (TPSA) is 70.6 Å². The second-order valence-electron chi connectivity index (χ2n) is 6.25. The first-order valence-corrected chi connectivity index (χ1v) is 10.3. The van der Waals surface area contributed by atoms with Gasteiger partial charge in [-0.1, -0.05) is 36.4 Å². The number of rotatable bonds is 6. The molecule has 0 spiro atoms. The summed E-state index contributed by atoms with van der Waals surface area (Å²) in [7, 11) is -1.36. The summed E-state index contributed by atoms with van der Waals surface area (Å²) in [5, 5.41) is 6.31. The predicted octanol–water partition coefficient (Wildman–Crippen LogP) is 2.54. The second-order valence-corrected chi connectivity index (χ2v) is 8.39.